The highest BCUT2D eigenvalue weighted by atomic mass is 16.2. The van der Waals surface area contributed by atoms with Gasteiger partial charge in [0.25, 0.3) is 5.91 Å². The van der Waals surface area contributed by atoms with Crippen LogP contribution in [0.3, 0.4) is 0 Å². The van der Waals surface area contributed by atoms with Crippen LogP contribution in [0.2, 0.25) is 0 Å². The van der Waals surface area contributed by atoms with E-state index >= 15 is 0 Å². The summed E-state index contributed by atoms with van der Waals surface area (Å²) >= 11 is 0. The average Bonchev–Trinajstić information content (AvgIpc) is 2.85. The van der Waals surface area contributed by atoms with E-state index in [-0.39, 0.29) is 23.5 Å². The van der Waals surface area contributed by atoms with E-state index in [0.717, 1.165) is 5.56 Å². The predicted molar refractivity (Wildman–Crippen MR) is 123 cm³/mol. The molecule has 162 valence electrons. The van der Waals surface area contributed by atoms with Gasteiger partial charge < -0.3 is 10.2 Å². The number of anilines is 1. The molecule has 1 fully saturated rings. The van der Waals surface area contributed by atoms with Gasteiger partial charge in [-0.2, -0.15) is 0 Å². The maximum absolute atomic E-state index is 13.2. The van der Waals surface area contributed by atoms with Gasteiger partial charge in [-0.25, -0.2) is 4.98 Å². The van der Waals surface area contributed by atoms with Crippen molar-refractivity contribution in [1.82, 2.24) is 9.88 Å². The van der Waals surface area contributed by atoms with Crippen molar-refractivity contribution in [2.75, 3.05) is 18.4 Å². The molecule has 32 heavy (non-hydrogen) atoms. The number of amides is 2. The number of aromatic nitrogens is 1. The molecule has 1 aliphatic heterocycles. The van der Waals surface area contributed by atoms with E-state index in [2.05, 4.69) is 10.3 Å². The smallest absolute Gasteiger partial charge is 0.254 e. The van der Waals surface area contributed by atoms with Gasteiger partial charge in [0.1, 0.15) is 5.82 Å². The van der Waals surface area contributed by atoms with Crippen LogP contribution in [0, 0.1) is 12.8 Å². The summed E-state index contributed by atoms with van der Waals surface area (Å²) in [4.78, 5) is 44.7. The summed E-state index contributed by atoms with van der Waals surface area (Å²) in [6.45, 7) is 2.87. The number of carbonyl (C=O) groups excluding carboxylic acids is 3. The second-order valence-electron chi connectivity index (χ2n) is 8.02. The first-order chi connectivity index (χ1) is 15.5. The van der Waals surface area contributed by atoms with Crippen LogP contribution in [-0.2, 0) is 4.79 Å². The molecule has 0 radical (unpaired) electrons. The van der Waals surface area contributed by atoms with E-state index in [1.807, 2.05) is 19.1 Å². The highest BCUT2D eigenvalue weighted by molar-refractivity contribution is 6.15. The lowest BCUT2D eigenvalue weighted by Crippen LogP contribution is -2.42. The summed E-state index contributed by atoms with van der Waals surface area (Å²) in [6, 6.07) is 19.6. The van der Waals surface area contributed by atoms with Crippen LogP contribution < -0.4 is 5.32 Å². The number of nitrogens with zero attached hydrogens (tertiary/aromatic N) is 2. The quantitative estimate of drug-likeness (QED) is 0.622. The second-order valence-corrected chi connectivity index (χ2v) is 8.02. The van der Waals surface area contributed by atoms with Gasteiger partial charge in [0.2, 0.25) is 5.91 Å². The second kappa shape index (κ2) is 9.56. The number of piperidine rings is 1. The van der Waals surface area contributed by atoms with Gasteiger partial charge in [0, 0.05) is 36.3 Å². The number of aryl methyl sites for hydroxylation is 1. The van der Waals surface area contributed by atoms with Crippen LogP contribution in [0.25, 0.3) is 0 Å². The standard InChI is InChI=1S/C26H25N3O3/c1-18-11-12-23(27-17-18)28-25(31)20-13-15-29(16-14-20)26(32)22-10-6-5-9-21(22)24(30)19-7-3-2-4-8-19/h2-12,17,20H,13-16H2,1H3,(H,27,28,31). The predicted octanol–water partition coefficient (Wildman–Crippen LogP) is 4.11. The number of pyridine rings is 1. The summed E-state index contributed by atoms with van der Waals surface area (Å²) < 4.78 is 0. The summed E-state index contributed by atoms with van der Waals surface area (Å²) in [5, 5.41) is 2.86. The molecular weight excluding hydrogens is 402 g/mol. The average molecular weight is 428 g/mol. The Labute approximate surface area is 187 Å². The van der Waals surface area contributed by atoms with Crippen molar-refractivity contribution in [3.63, 3.8) is 0 Å². The number of rotatable bonds is 5. The zero-order valence-electron chi connectivity index (χ0n) is 18.0. The molecule has 1 N–H and O–H groups in total. The molecule has 0 bridgehead atoms. The third kappa shape index (κ3) is 4.75. The Morgan fingerprint density at radius 1 is 0.875 bits per heavy atom. The molecule has 2 aromatic carbocycles. The summed E-state index contributed by atoms with van der Waals surface area (Å²) in [5.74, 6) is -0.0673. The van der Waals surface area contributed by atoms with Gasteiger partial charge >= 0.3 is 0 Å². The number of benzene rings is 2. The van der Waals surface area contributed by atoms with Crippen molar-refractivity contribution in [3.05, 3.63) is 95.2 Å². The summed E-state index contributed by atoms with van der Waals surface area (Å²) in [5.41, 5.74) is 2.37. The number of hydrogen-bond acceptors (Lipinski definition) is 4. The normalized spacial score (nSPS) is 14.1. The van der Waals surface area contributed by atoms with Crippen LogP contribution in [0.15, 0.2) is 72.9 Å². The molecule has 4 rings (SSSR count). The Morgan fingerprint density at radius 2 is 1.53 bits per heavy atom. The molecule has 2 heterocycles. The van der Waals surface area contributed by atoms with Crippen LogP contribution in [-0.4, -0.2) is 40.6 Å². The molecule has 0 unspecified atom stereocenters. The molecule has 1 aliphatic rings. The van der Waals surface area contributed by atoms with E-state index < -0.39 is 0 Å². The van der Waals surface area contributed by atoms with E-state index in [1.165, 1.54) is 0 Å². The highest BCUT2D eigenvalue weighted by Crippen LogP contribution is 2.23. The van der Waals surface area contributed by atoms with E-state index in [1.54, 1.807) is 65.7 Å². The molecule has 1 aromatic heterocycles. The molecule has 3 aromatic rings. The Kier molecular flexibility index (Phi) is 6.40. The van der Waals surface area contributed by atoms with E-state index in [0.29, 0.717) is 48.4 Å². The van der Waals surface area contributed by atoms with Gasteiger partial charge in [-0.3, -0.25) is 14.4 Å². The molecule has 0 aliphatic carbocycles. The third-order valence-corrected chi connectivity index (χ3v) is 5.75. The first-order valence-corrected chi connectivity index (χ1v) is 10.7. The lowest BCUT2D eigenvalue weighted by Gasteiger charge is -2.31. The van der Waals surface area contributed by atoms with Crippen molar-refractivity contribution in [3.8, 4) is 0 Å². The Morgan fingerprint density at radius 3 is 2.19 bits per heavy atom. The molecule has 0 spiro atoms. The SMILES string of the molecule is Cc1ccc(NC(=O)C2CCN(C(=O)c3ccccc3C(=O)c3ccccc3)CC2)nc1. The molecule has 1 saturated heterocycles. The van der Waals surface area contributed by atoms with Gasteiger partial charge in [-0.05, 0) is 37.5 Å². The van der Waals surface area contributed by atoms with E-state index in [9.17, 15) is 14.4 Å². The maximum atomic E-state index is 13.2. The third-order valence-electron chi connectivity index (χ3n) is 5.75. The fourth-order valence-corrected chi connectivity index (χ4v) is 3.90. The number of ketones is 1. The molecule has 0 atom stereocenters. The first kappa shape index (κ1) is 21.4. The zero-order valence-corrected chi connectivity index (χ0v) is 18.0. The number of hydrogen-bond donors (Lipinski definition) is 1. The highest BCUT2D eigenvalue weighted by Gasteiger charge is 2.29. The zero-order chi connectivity index (χ0) is 22.5. The van der Waals surface area contributed by atoms with E-state index in [4.69, 9.17) is 0 Å². The van der Waals surface area contributed by atoms with Crippen molar-refractivity contribution in [1.29, 1.82) is 0 Å². The Balaban J connectivity index is 1.41. The largest absolute Gasteiger partial charge is 0.339 e. The minimum absolute atomic E-state index is 0.0758. The monoisotopic (exact) mass is 427 g/mol. The van der Waals surface area contributed by atoms with Crippen molar-refractivity contribution in [2.45, 2.75) is 19.8 Å². The van der Waals surface area contributed by atoms with Gasteiger partial charge in [0.15, 0.2) is 5.78 Å². The summed E-state index contributed by atoms with van der Waals surface area (Å²) in [7, 11) is 0. The van der Waals surface area contributed by atoms with Crippen LogP contribution >= 0.6 is 0 Å². The number of likely N-dealkylation sites (tertiary alicyclic amines) is 1. The van der Waals surface area contributed by atoms with Gasteiger partial charge in [0.05, 0.1) is 5.56 Å². The molecule has 6 heteroatoms. The van der Waals surface area contributed by atoms with Crippen LogP contribution in [0.4, 0.5) is 5.82 Å². The fraction of sp³-hybridized carbons (Fsp3) is 0.231. The number of carbonyl (C=O) groups is 3. The lowest BCUT2D eigenvalue weighted by atomic mass is 9.93. The van der Waals surface area contributed by atoms with Gasteiger partial charge in [-0.1, -0.05) is 54.6 Å². The molecule has 2 amide bonds. The lowest BCUT2D eigenvalue weighted by molar-refractivity contribution is -0.121. The molecule has 6 nitrogen and oxygen atoms in total. The fourth-order valence-electron chi connectivity index (χ4n) is 3.90. The Hall–Kier alpha value is -3.80. The van der Waals surface area contributed by atoms with Crippen molar-refractivity contribution < 1.29 is 14.4 Å². The van der Waals surface area contributed by atoms with Crippen molar-refractivity contribution in [2.24, 2.45) is 5.92 Å². The molecule has 0 saturated carbocycles. The topological polar surface area (TPSA) is 79.4 Å². The minimum Gasteiger partial charge on any atom is -0.339 e. The number of nitrogens with one attached hydrogen (secondary N) is 1. The summed E-state index contributed by atoms with van der Waals surface area (Å²) in [6.07, 6.45) is 2.85. The van der Waals surface area contributed by atoms with Crippen molar-refractivity contribution >= 4 is 23.4 Å². The van der Waals surface area contributed by atoms with Crippen LogP contribution in [0.1, 0.15) is 44.7 Å². The Bertz CT molecular complexity index is 1120. The minimum atomic E-state index is -0.177. The molecular formula is C26H25N3O3. The van der Waals surface area contributed by atoms with Crippen LogP contribution in [0.5, 0.6) is 0 Å². The maximum Gasteiger partial charge on any atom is 0.254 e. The van der Waals surface area contributed by atoms with Gasteiger partial charge in [-0.15, -0.1) is 0 Å². The first-order valence-electron chi connectivity index (χ1n) is 10.7.